The minimum atomic E-state index is 0.270. The third kappa shape index (κ3) is 3.65. The van der Waals surface area contributed by atoms with E-state index >= 15 is 0 Å². The summed E-state index contributed by atoms with van der Waals surface area (Å²) in [5.74, 6) is 1.78. The van der Waals surface area contributed by atoms with Crippen LogP contribution in [0, 0.1) is 5.92 Å². The molecule has 0 aliphatic heterocycles. The molecule has 0 aromatic carbocycles. The Hall–Kier alpha value is -0.180. The van der Waals surface area contributed by atoms with Crippen LogP contribution < -0.4 is 5.32 Å². The van der Waals surface area contributed by atoms with Crippen molar-refractivity contribution in [3.8, 4) is 0 Å². The van der Waals surface area contributed by atoms with Crippen molar-refractivity contribution in [3.63, 3.8) is 0 Å². The predicted octanol–water partition coefficient (Wildman–Crippen LogP) is 1.27. The van der Waals surface area contributed by atoms with Gasteiger partial charge in [0.2, 0.25) is 5.91 Å². The van der Waals surface area contributed by atoms with E-state index in [0.29, 0.717) is 5.92 Å². The summed E-state index contributed by atoms with van der Waals surface area (Å²) in [6, 6.07) is 0. The summed E-state index contributed by atoms with van der Waals surface area (Å²) in [6.07, 6.45) is 5.39. The molecule has 1 rings (SSSR count). The van der Waals surface area contributed by atoms with Crippen molar-refractivity contribution in [2.45, 2.75) is 19.3 Å². The maximum atomic E-state index is 11.1. The van der Waals surface area contributed by atoms with Crippen LogP contribution in [0.4, 0.5) is 0 Å². The zero-order valence-corrected chi connectivity index (χ0v) is 7.75. The summed E-state index contributed by atoms with van der Waals surface area (Å²) in [6.45, 7) is 0.857. The molecule has 0 atom stereocenters. The van der Waals surface area contributed by atoms with Crippen LogP contribution in [0.1, 0.15) is 19.3 Å². The molecule has 0 unspecified atom stereocenters. The van der Waals surface area contributed by atoms with E-state index in [1.165, 1.54) is 0 Å². The van der Waals surface area contributed by atoms with E-state index in [1.807, 2.05) is 11.8 Å². The number of rotatable bonds is 5. The van der Waals surface area contributed by atoms with Gasteiger partial charge in [-0.05, 0) is 31.3 Å². The largest absolute Gasteiger partial charge is 0.356 e. The van der Waals surface area contributed by atoms with Gasteiger partial charge in [0.05, 0.1) is 0 Å². The second-order valence-corrected chi connectivity index (χ2v) is 3.90. The fraction of sp³-hybridized carbons (Fsp3) is 0.875. The number of carbonyl (C=O) groups is 1. The van der Waals surface area contributed by atoms with E-state index in [1.54, 1.807) is 0 Å². The first-order valence-corrected chi connectivity index (χ1v) is 5.50. The van der Waals surface area contributed by atoms with Crippen molar-refractivity contribution in [2.75, 3.05) is 18.6 Å². The third-order valence-corrected chi connectivity index (χ3v) is 2.47. The molecule has 1 amide bonds. The molecule has 2 nitrogen and oxygen atoms in total. The number of hydrogen-bond donors (Lipinski definition) is 1. The van der Waals surface area contributed by atoms with Gasteiger partial charge in [-0.2, -0.15) is 11.8 Å². The highest BCUT2D eigenvalue weighted by atomic mass is 32.2. The first kappa shape index (κ1) is 8.91. The van der Waals surface area contributed by atoms with E-state index in [9.17, 15) is 4.79 Å². The van der Waals surface area contributed by atoms with E-state index in [4.69, 9.17) is 0 Å². The van der Waals surface area contributed by atoms with Gasteiger partial charge in [0, 0.05) is 12.5 Å². The number of carbonyl (C=O) groups excluding carboxylic acids is 1. The van der Waals surface area contributed by atoms with Gasteiger partial charge in [0.1, 0.15) is 0 Å². The standard InChI is InChI=1S/C8H15NOS/c1-11-6-2-5-9-8(10)7-3-4-7/h7H,2-6H2,1H3,(H,9,10). The SMILES string of the molecule is CSCCCNC(=O)C1CC1. The normalized spacial score (nSPS) is 16.5. The van der Waals surface area contributed by atoms with Gasteiger partial charge in [-0.3, -0.25) is 4.79 Å². The zero-order valence-electron chi connectivity index (χ0n) is 6.93. The van der Waals surface area contributed by atoms with E-state index in [2.05, 4.69) is 11.6 Å². The Morgan fingerprint density at radius 1 is 1.64 bits per heavy atom. The Balaban J connectivity index is 1.89. The summed E-state index contributed by atoms with van der Waals surface area (Å²) in [7, 11) is 0. The molecule has 1 N–H and O–H groups in total. The van der Waals surface area contributed by atoms with Crippen molar-refractivity contribution in [1.82, 2.24) is 5.32 Å². The van der Waals surface area contributed by atoms with Gasteiger partial charge in [0.15, 0.2) is 0 Å². The van der Waals surface area contributed by atoms with E-state index in [-0.39, 0.29) is 5.91 Å². The third-order valence-electron chi connectivity index (χ3n) is 1.77. The van der Waals surface area contributed by atoms with Crippen molar-refractivity contribution < 1.29 is 4.79 Å². The zero-order chi connectivity index (χ0) is 8.10. The highest BCUT2D eigenvalue weighted by Gasteiger charge is 2.28. The molecule has 11 heavy (non-hydrogen) atoms. The molecule has 0 saturated heterocycles. The molecule has 0 radical (unpaired) electrons. The molecule has 64 valence electrons. The number of thioether (sulfide) groups is 1. The summed E-state index contributed by atoms with van der Waals surface area (Å²) >= 11 is 1.83. The van der Waals surface area contributed by atoms with E-state index in [0.717, 1.165) is 31.6 Å². The van der Waals surface area contributed by atoms with Gasteiger partial charge < -0.3 is 5.32 Å². The van der Waals surface area contributed by atoms with Crippen molar-refractivity contribution >= 4 is 17.7 Å². The molecule has 0 spiro atoms. The highest BCUT2D eigenvalue weighted by molar-refractivity contribution is 7.98. The molecule has 1 aliphatic carbocycles. The molecular formula is C8H15NOS. The van der Waals surface area contributed by atoms with Crippen LogP contribution in [-0.4, -0.2) is 24.5 Å². The van der Waals surface area contributed by atoms with Crippen molar-refractivity contribution in [1.29, 1.82) is 0 Å². The lowest BCUT2D eigenvalue weighted by Gasteiger charge is -2.01. The molecule has 0 aromatic rings. The quantitative estimate of drug-likeness (QED) is 0.634. The maximum absolute atomic E-state index is 11.1. The Kier molecular flexibility index (Phi) is 3.77. The van der Waals surface area contributed by atoms with Gasteiger partial charge >= 0.3 is 0 Å². The second-order valence-electron chi connectivity index (χ2n) is 2.91. The summed E-state index contributed by atoms with van der Waals surface area (Å²) in [5, 5.41) is 2.93. The molecular weight excluding hydrogens is 158 g/mol. The minimum Gasteiger partial charge on any atom is -0.356 e. The Bertz CT molecular complexity index is 134. The smallest absolute Gasteiger partial charge is 0.223 e. The second kappa shape index (κ2) is 4.65. The predicted molar refractivity (Wildman–Crippen MR) is 48.7 cm³/mol. The van der Waals surface area contributed by atoms with Crippen LogP contribution in [0.15, 0.2) is 0 Å². The molecule has 0 heterocycles. The summed E-state index contributed by atoms with van der Waals surface area (Å²) in [4.78, 5) is 11.1. The molecule has 0 aromatic heterocycles. The lowest BCUT2D eigenvalue weighted by Crippen LogP contribution is -2.26. The highest BCUT2D eigenvalue weighted by Crippen LogP contribution is 2.28. The fourth-order valence-electron chi connectivity index (χ4n) is 0.918. The van der Waals surface area contributed by atoms with Crippen LogP contribution in [0.3, 0.4) is 0 Å². The topological polar surface area (TPSA) is 29.1 Å². The average molecular weight is 173 g/mol. The number of hydrogen-bond acceptors (Lipinski definition) is 2. The van der Waals surface area contributed by atoms with E-state index < -0.39 is 0 Å². The van der Waals surface area contributed by atoms with Crippen molar-refractivity contribution in [2.24, 2.45) is 5.92 Å². The maximum Gasteiger partial charge on any atom is 0.223 e. The average Bonchev–Trinajstić information content (AvgIpc) is 2.79. The van der Waals surface area contributed by atoms with Crippen LogP contribution in [0.5, 0.6) is 0 Å². The van der Waals surface area contributed by atoms with Gasteiger partial charge in [0.25, 0.3) is 0 Å². The molecule has 1 aliphatic rings. The molecule has 0 bridgehead atoms. The first-order valence-electron chi connectivity index (χ1n) is 4.11. The molecule has 1 saturated carbocycles. The van der Waals surface area contributed by atoms with Gasteiger partial charge in [-0.25, -0.2) is 0 Å². The Morgan fingerprint density at radius 2 is 2.36 bits per heavy atom. The molecule has 1 fully saturated rings. The van der Waals surface area contributed by atoms with Crippen LogP contribution in [0.25, 0.3) is 0 Å². The monoisotopic (exact) mass is 173 g/mol. The van der Waals surface area contributed by atoms with Gasteiger partial charge in [-0.1, -0.05) is 0 Å². The summed E-state index contributed by atoms with van der Waals surface area (Å²) in [5.41, 5.74) is 0. The lowest BCUT2D eigenvalue weighted by molar-refractivity contribution is -0.122. The summed E-state index contributed by atoms with van der Waals surface area (Å²) < 4.78 is 0. The molecule has 3 heteroatoms. The Labute approximate surface area is 72.1 Å². The number of nitrogens with one attached hydrogen (secondary N) is 1. The van der Waals surface area contributed by atoms with Crippen LogP contribution in [-0.2, 0) is 4.79 Å². The fourth-order valence-corrected chi connectivity index (χ4v) is 1.35. The Morgan fingerprint density at radius 3 is 2.91 bits per heavy atom. The van der Waals surface area contributed by atoms with Crippen molar-refractivity contribution in [3.05, 3.63) is 0 Å². The lowest BCUT2D eigenvalue weighted by atomic mass is 10.4. The first-order chi connectivity index (χ1) is 5.34. The number of amides is 1. The minimum absolute atomic E-state index is 0.270. The van der Waals surface area contributed by atoms with Gasteiger partial charge in [-0.15, -0.1) is 0 Å². The van der Waals surface area contributed by atoms with Crippen LogP contribution in [0.2, 0.25) is 0 Å². The van der Waals surface area contributed by atoms with Crippen LogP contribution >= 0.6 is 11.8 Å².